The zero-order chi connectivity index (χ0) is 41.5. The average molecular weight is 810 g/mol. The Hall–Kier alpha value is -5.22. The number of rotatable bonds is 17. The lowest BCUT2D eigenvalue weighted by molar-refractivity contribution is -0.0891. The highest BCUT2D eigenvalue weighted by Crippen LogP contribution is 2.45. The van der Waals surface area contributed by atoms with E-state index < -0.39 is 30.1 Å². The molecule has 2 unspecified atom stereocenters. The van der Waals surface area contributed by atoms with Gasteiger partial charge in [0, 0.05) is 34.8 Å². The van der Waals surface area contributed by atoms with Gasteiger partial charge in [0.25, 0.3) is 0 Å². The van der Waals surface area contributed by atoms with Crippen LogP contribution in [0.2, 0.25) is 0 Å². The molecule has 59 heavy (non-hydrogen) atoms. The lowest BCUT2D eigenvalue weighted by atomic mass is 9.80. The molecule has 5 atom stereocenters. The number of aromatic nitrogens is 1. The molecule has 0 aliphatic carbocycles. The Morgan fingerprint density at radius 2 is 1.39 bits per heavy atom. The third kappa shape index (κ3) is 8.60. The number of nitrogens with zero attached hydrogens (tertiary/aromatic N) is 3. The topological polar surface area (TPSA) is 87.3 Å². The number of benzene rings is 5. The number of methoxy groups -OCH3 is 2. The first kappa shape index (κ1) is 41.9. The predicted molar refractivity (Wildman–Crippen MR) is 235 cm³/mol. The minimum Gasteiger partial charge on any atom is -0.497 e. The van der Waals surface area contributed by atoms with Crippen molar-refractivity contribution in [2.75, 3.05) is 27.4 Å². The van der Waals surface area contributed by atoms with E-state index >= 15 is 0 Å². The monoisotopic (exact) mass is 809 g/mol. The van der Waals surface area contributed by atoms with Crippen LogP contribution in [0.25, 0.3) is 21.8 Å². The van der Waals surface area contributed by atoms with Crippen molar-refractivity contribution in [3.63, 3.8) is 0 Å². The van der Waals surface area contributed by atoms with E-state index in [1.165, 1.54) is 0 Å². The van der Waals surface area contributed by atoms with Crippen molar-refractivity contribution in [1.29, 1.82) is 5.26 Å². The van der Waals surface area contributed by atoms with Gasteiger partial charge in [-0.1, -0.05) is 78.7 Å². The number of ether oxygens (including phenoxy) is 4. The van der Waals surface area contributed by atoms with Crippen LogP contribution >= 0.6 is 9.03 Å². The molecule has 0 saturated carbocycles. The number of para-hydroxylation sites is 1. The fourth-order valence-corrected chi connectivity index (χ4v) is 9.20. The van der Waals surface area contributed by atoms with Crippen LogP contribution in [-0.4, -0.2) is 67.2 Å². The molecule has 1 aromatic heterocycles. The summed E-state index contributed by atoms with van der Waals surface area (Å²) in [6.07, 6.45) is 5.07. The molecule has 0 amide bonds. The summed E-state index contributed by atoms with van der Waals surface area (Å²) in [5, 5.41) is 12.3. The molecule has 1 saturated heterocycles. The third-order valence-electron chi connectivity index (χ3n) is 11.2. The molecule has 1 aliphatic rings. The second-order valence-corrected chi connectivity index (χ2v) is 16.0. The van der Waals surface area contributed by atoms with Crippen LogP contribution in [0.1, 0.15) is 62.6 Å². The highest BCUT2D eigenvalue weighted by atomic mass is 31.1. The largest absolute Gasteiger partial charge is 0.497 e. The maximum absolute atomic E-state index is 10.1. The van der Waals surface area contributed by atoms with Crippen molar-refractivity contribution in [2.24, 2.45) is 0 Å². The lowest BCUT2D eigenvalue weighted by Crippen LogP contribution is -2.46. The Morgan fingerprint density at radius 1 is 0.797 bits per heavy atom. The summed E-state index contributed by atoms with van der Waals surface area (Å²) in [7, 11) is 3.00. The van der Waals surface area contributed by atoms with Crippen LogP contribution in [0.4, 0.5) is 0 Å². The van der Waals surface area contributed by atoms with Gasteiger partial charge in [0.1, 0.15) is 35.5 Å². The summed E-state index contributed by atoms with van der Waals surface area (Å²) in [5.41, 5.74) is 4.60. The molecular formula is C49H52N3O6P. The van der Waals surface area contributed by atoms with Crippen molar-refractivity contribution < 1.29 is 28.0 Å². The molecule has 2 heterocycles. The van der Waals surface area contributed by atoms with Gasteiger partial charge in [-0.15, -0.1) is 6.42 Å². The molecule has 6 aromatic rings. The van der Waals surface area contributed by atoms with Crippen LogP contribution < -0.4 is 9.47 Å². The minimum atomic E-state index is -1.06. The van der Waals surface area contributed by atoms with Crippen molar-refractivity contribution in [3.8, 4) is 29.9 Å². The van der Waals surface area contributed by atoms with Crippen molar-refractivity contribution in [1.82, 2.24) is 9.47 Å². The van der Waals surface area contributed by atoms with E-state index in [1.54, 1.807) is 14.2 Å². The van der Waals surface area contributed by atoms with Gasteiger partial charge in [0.05, 0.1) is 50.6 Å². The van der Waals surface area contributed by atoms with Crippen molar-refractivity contribution in [3.05, 3.63) is 144 Å². The van der Waals surface area contributed by atoms with Gasteiger partial charge < -0.3 is 32.6 Å². The van der Waals surface area contributed by atoms with Crippen LogP contribution in [0.15, 0.2) is 121 Å². The number of hydrogen-bond donors (Lipinski definition) is 0. The lowest BCUT2D eigenvalue weighted by Gasteiger charge is -2.37. The summed E-state index contributed by atoms with van der Waals surface area (Å²) in [6.45, 7) is 8.78. The molecule has 10 heteroatoms. The van der Waals surface area contributed by atoms with E-state index in [0.717, 1.165) is 55.6 Å². The zero-order valence-electron chi connectivity index (χ0n) is 34.5. The average Bonchev–Trinajstić information content (AvgIpc) is 3.82. The van der Waals surface area contributed by atoms with E-state index in [9.17, 15) is 5.26 Å². The van der Waals surface area contributed by atoms with Gasteiger partial charge in [-0.05, 0) is 92.9 Å². The molecule has 304 valence electrons. The first-order valence-corrected chi connectivity index (χ1v) is 20.9. The quantitative estimate of drug-likeness (QED) is 0.0390. The van der Waals surface area contributed by atoms with Crippen LogP contribution in [0, 0.1) is 23.7 Å². The van der Waals surface area contributed by atoms with Crippen LogP contribution in [-0.2, 0) is 24.1 Å². The summed E-state index contributed by atoms with van der Waals surface area (Å²) >= 11 is 0. The summed E-state index contributed by atoms with van der Waals surface area (Å²) < 4.78 is 40.6. The summed E-state index contributed by atoms with van der Waals surface area (Å²) in [5.74, 6) is 4.28. The predicted octanol–water partition coefficient (Wildman–Crippen LogP) is 10.0. The van der Waals surface area contributed by atoms with Crippen LogP contribution in [0.3, 0.4) is 0 Å². The van der Waals surface area contributed by atoms with Gasteiger partial charge in [-0.3, -0.25) is 4.90 Å². The van der Waals surface area contributed by atoms with E-state index in [2.05, 4.69) is 85.5 Å². The highest BCUT2D eigenvalue weighted by Gasteiger charge is 2.43. The fourth-order valence-electron chi connectivity index (χ4n) is 8.53. The van der Waals surface area contributed by atoms with E-state index in [-0.39, 0.29) is 34.3 Å². The third-order valence-corrected chi connectivity index (χ3v) is 11.9. The molecule has 1 fully saturated rings. The summed E-state index contributed by atoms with van der Waals surface area (Å²) in [4.78, 5) is 2.16. The molecule has 0 N–H and O–H groups in total. The molecule has 7 rings (SSSR count). The second-order valence-electron chi connectivity index (χ2n) is 15.3. The van der Waals surface area contributed by atoms with Gasteiger partial charge in [0.15, 0.2) is 9.03 Å². The first-order valence-electron chi connectivity index (χ1n) is 20.0. The standard InChI is InChI=1S/C49H52N3O6P/c1-8-35-18-27-45-43(28-35)42-16-12-13-17-44(42)52(45)48-29-46(58-59-56-31-39(30-50)51(33(2)3)34(4)5)47(57-48)32-55-49(36-14-10-9-11-15-36,37-19-23-40(53-6)24-20-37)38-21-25-41(54-7)26-22-38/h1,9-28,33-34,39,46-48,59H,29,31-32H2,2-7H3/t39?,46-,47+,48-/m0/s1. The Bertz CT molecular complexity index is 2350. The Balaban J connectivity index is 1.26. The SMILES string of the molecule is C#Cc1ccc2c(c1)c1ccccc1n2[C@@H]1C[C@H](OPOCC(C#N)N(C(C)C)C(C)C)[C@@H](COC(c2ccccc2)(c2ccc(OC)cc2)c2ccc(OC)cc2)O1. The molecule has 0 bridgehead atoms. The fraction of sp³-hybridized carbons (Fsp3) is 0.327. The smallest absolute Gasteiger partial charge is 0.155 e. The molecule has 1 aliphatic heterocycles. The Kier molecular flexibility index (Phi) is 13.4. The van der Waals surface area contributed by atoms with Crippen LogP contribution in [0.5, 0.6) is 11.5 Å². The maximum Gasteiger partial charge on any atom is 0.155 e. The van der Waals surface area contributed by atoms with E-state index in [1.807, 2.05) is 84.9 Å². The zero-order valence-corrected chi connectivity index (χ0v) is 35.5. The van der Waals surface area contributed by atoms with E-state index in [4.69, 9.17) is 34.4 Å². The Labute approximate surface area is 349 Å². The number of hydrogen-bond acceptors (Lipinski definition) is 8. The van der Waals surface area contributed by atoms with Crippen molar-refractivity contribution >= 4 is 30.8 Å². The molecular weight excluding hydrogens is 758 g/mol. The highest BCUT2D eigenvalue weighted by molar-refractivity contribution is 7.26. The normalized spacial score (nSPS) is 17.6. The van der Waals surface area contributed by atoms with Crippen molar-refractivity contribution in [2.45, 2.75) is 76.3 Å². The number of terminal acetylenes is 1. The van der Waals surface area contributed by atoms with E-state index in [0.29, 0.717) is 6.42 Å². The first-order chi connectivity index (χ1) is 28.7. The summed E-state index contributed by atoms with van der Waals surface area (Å²) in [6, 6.07) is 43.0. The van der Waals surface area contributed by atoms with Gasteiger partial charge >= 0.3 is 0 Å². The molecule has 9 nitrogen and oxygen atoms in total. The minimum absolute atomic E-state index is 0.173. The van der Waals surface area contributed by atoms with Gasteiger partial charge in [-0.25, -0.2) is 0 Å². The maximum atomic E-state index is 10.1. The van der Waals surface area contributed by atoms with Gasteiger partial charge in [-0.2, -0.15) is 5.26 Å². The number of nitriles is 1. The number of fused-ring (bicyclic) bond motifs is 3. The molecule has 0 radical (unpaired) electrons. The second kappa shape index (κ2) is 18.8. The Morgan fingerprint density at radius 3 is 1.98 bits per heavy atom. The molecule has 5 aromatic carbocycles. The molecule has 0 spiro atoms. The van der Waals surface area contributed by atoms with Gasteiger partial charge in [0.2, 0.25) is 0 Å².